The van der Waals surface area contributed by atoms with Gasteiger partial charge in [0, 0.05) is 30.7 Å². The molecule has 2 heteroatoms. The molecule has 102 valence electrons. The molecule has 0 aromatic heterocycles. The van der Waals surface area contributed by atoms with E-state index in [-0.39, 0.29) is 0 Å². The number of piperazine rings is 1. The highest BCUT2D eigenvalue weighted by atomic mass is 15.3. The van der Waals surface area contributed by atoms with Crippen LogP contribution in [0.5, 0.6) is 0 Å². The zero-order chi connectivity index (χ0) is 13.1. The molecule has 1 N–H and O–H groups in total. The molecule has 2 atom stereocenters. The number of rotatable bonds is 5. The third kappa shape index (κ3) is 3.69. The van der Waals surface area contributed by atoms with Crippen molar-refractivity contribution in [3.05, 3.63) is 0 Å². The number of hydrogen-bond donors (Lipinski definition) is 1. The van der Waals surface area contributed by atoms with Crippen molar-refractivity contribution < 1.29 is 0 Å². The molecule has 0 saturated carbocycles. The highest BCUT2D eigenvalue weighted by Crippen LogP contribution is 2.27. The lowest BCUT2D eigenvalue weighted by atomic mass is 9.89. The summed E-state index contributed by atoms with van der Waals surface area (Å²) in [7, 11) is 0. The second-order valence-corrected chi connectivity index (χ2v) is 6.54. The first-order chi connectivity index (χ1) is 7.92. The lowest BCUT2D eigenvalue weighted by Gasteiger charge is -2.50. The maximum atomic E-state index is 3.72. The highest BCUT2D eigenvalue weighted by molar-refractivity contribution is 4.94. The minimum atomic E-state index is 0.352. The van der Waals surface area contributed by atoms with Crippen LogP contribution in [0.15, 0.2) is 0 Å². The van der Waals surface area contributed by atoms with Crippen LogP contribution in [-0.4, -0.2) is 35.6 Å². The van der Waals surface area contributed by atoms with Crippen LogP contribution in [0.4, 0.5) is 0 Å². The van der Waals surface area contributed by atoms with Crippen molar-refractivity contribution >= 4 is 0 Å². The van der Waals surface area contributed by atoms with E-state index in [0.29, 0.717) is 17.6 Å². The predicted molar refractivity (Wildman–Crippen MR) is 76.4 cm³/mol. The van der Waals surface area contributed by atoms with Gasteiger partial charge in [0.1, 0.15) is 0 Å². The van der Waals surface area contributed by atoms with Gasteiger partial charge in [-0.25, -0.2) is 0 Å². The van der Waals surface area contributed by atoms with Gasteiger partial charge in [-0.15, -0.1) is 0 Å². The molecule has 17 heavy (non-hydrogen) atoms. The SMILES string of the molecule is CCCC(C)(C)N1CC(C(C)C)NCC1CC. The molecule has 2 unspecified atom stereocenters. The standard InChI is InChI=1S/C15H32N2/c1-7-9-15(5,6)17-11-14(12(3)4)16-10-13(17)8-2/h12-14,16H,7-11H2,1-6H3. The van der Waals surface area contributed by atoms with Crippen LogP contribution in [0.1, 0.15) is 60.8 Å². The van der Waals surface area contributed by atoms with Crippen LogP contribution >= 0.6 is 0 Å². The quantitative estimate of drug-likeness (QED) is 0.793. The van der Waals surface area contributed by atoms with Crippen LogP contribution < -0.4 is 5.32 Å². The van der Waals surface area contributed by atoms with Gasteiger partial charge in [-0.2, -0.15) is 0 Å². The van der Waals surface area contributed by atoms with E-state index in [1.54, 1.807) is 0 Å². The van der Waals surface area contributed by atoms with E-state index in [4.69, 9.17) is 0 Å². The van der Waals surface area contributed by atoms with E-state index in [1.807, 2.05) is 0 Å². The van der Waals surface area contributed by atoms with Crippen molar-refractivity contribution in [1.29, 1.82) is 0 Å². The van der Waals surface area contributed by atoms with Gasteiger partial charge in [-0.1, -0.05) is 34.1 Å². The van der Waals surface area contributed by atoms with Crippen LogP contribution in [0.2, 0.25) is 0 Å². The Hall–Kier alpha value is -0.0800. The van der Waals surface area contributed by atoms with E-state index >= 15 is 0 Å². The van der Waals surface area contributed by atoms with Crippen molar-refractivity contribution in [2.45, 2.75) is 78.4 Å². The summed E-state index contributed by atoms with van der Waals surface area (Å²) in [5, 5.41) is 3.72. The molecular weight excluding hydrogens is 208 g/mol. The Morgan fingerprint density at radius 3 is 2.41 bits per heavy atom. The molecule has 0 spiro atoms. The van der Waals surface area contributed by atoms with Crippen LogP contribution in [0.25, 0.3) is 0 Å². The number of nitrogens with one attached hydrogen (secondary N) is 1. The summed E-state index contributed by atoms with van der Waals surface area (Å²) in [5.41, 5.74) is 0.352. The summed E-state index contributed by atoms with van der Waals surface area (Å²) >= 11 is 0. The maximum absolute atomic E-state index is 3.72. The van der Waals surface area contributed by atoms with Gasteiger partial charge in [-0.3, -0.25) is 4.90 Å². The summed E-state index contributed by atoms with van der Waals surface area (Å²) in [5.74, 6) is 0.729. The van der Waals surface area contributed by atoms with Crippen molar-refractivity contribution in [2.24, 2.45) is 5.92 Å². The van der Waals surface area contributed by atoms with Crippen molar-refractivity contribution in [3.8, 4) is 0 Å². The van der Waals surface area contributed by atoms with Gasteiger partial charge in [0.25, 0.3) is 0 Å². The summed E-state index contributed by atoms with van der Waals surface area (Å²) in [6.45, 7) is 16.5. The third-order valence-corrected chi connectivity index (χ3v) is 4.37. The Kier molecular flexibility index (Phi) is 5.46. The van der Waals surface area contributed by atoms with E-state index < -0.39 is 0 Å². The fourth-order valence-electron chi connectivity index (χ4n) is 3.13. The minimum Gasteiger partial charge on any atom is -0.311 e. The summed E-state index contributed by atoms with van der Waals surface area (Å²) in [4.78, 5) is 2.76. The second-order valence-electron chi connectivity index (χ2n) is 6.54. The second kappa shape index (κ2) is 6.19. The Balaban J connectivity index is 2.75. The Bertz CT molecular complexity index is 223. The van der Waals surface area contributed by atoms with Gasteiger partial charge >= 0.3 is 0 Å². The molecule has 1 aliphatic heterocycles. The first kappa shape index (κ1) is 15.0. The molecule has 0 aromatic carbocycles. The van der Waals surface area contributed by atoms with Crippen LogP contribution in [-0.2, 0) is 0 Å². The monoisotopic (exact) mass is 240 g/mol. The van der Waals surface area contributed by atoms with Gasteiger partial charge in [0.05, 0.1) is 0 Å². The van der Waals surface area contributed by atoms with Gasteiger partial charge < -0.3 is 5.32 Å². The molecule has 1 rings (SSSR count). The lowest BCUT2D eigenvalue weighted by Crippen LogP contribution is -2.63. The molecule has 1 aliphatic rings. The van der Waals surface area contributed by atoms with Gasteiger partial charge in [0.2, 0.25) is 0 Å². The summed E-state index contributed by atoms with van der Waals surface area (Å²) in [6, 6.07) is 1.38. The molecule has 0 radical (unpaired) electrons. The number of nitrogens with zero attached hydrogens (tertiary/aromatic N) is 1. The first-order valence-electron chi connectivity index (χ1n) is 7.42. The molecule has 0 bridgehead atoms. The molecule has 0 aliphatic carbocycles. The van der Waals surface area contributed by atoms with Crippen molar-refractivity contribution in [3.63, 3.8) is 0 Å². The lowest BCUT2D eigenvalue weighted by molar-refractivity contribution is 0.0152. The molecular formula is C15H32N2. The molecule has 0 aromatic rings. The van der Waals surface area contributed by atoms with Gasteiger partial charge in [0.15, 0.2) is 0 Å². The Morgan fingerprint density at radius 1 is 1.29 bits per heavy atom. The van der Waals surface area contributed by atoms with E-state index in [0.717, 1.165) is 12.5 Å². The normalized spacial score (nSPS) is 27.7. The maximum Gasteiger partial charge on any atom is 0.0224 e. The topological polar surface area (TPSA) is 15.3 Å². The highest BCUT2D eigenvalue weighted by Gasteiger charge is 2.36. The summed E-state index contributed by atoms with van der Waals surface area (Å²) in [6.07, 6.45) is 3.83. The van der Waals surface area contributed by atoms with Crippen LogP contribution in [0.3, 0.4) is 0 Å². The van der Waals surface area contributed by atoms with Crippen LogP contribution in [0, 0.1) is 5.92 Å². The van der Waals surface area contributed by atoms with Crippen molar-refractivity contribution in [2.75, 3.05) is 13.1 Å². The molecule has 2 nitrogen and oxygen atoms in total. The summed E-state index contributed by atoms with van der Waals surface area (Å²) < 4.78 is 0. The van der Waals surface area contributed by atoms with E-state index in [1.165, 1.54) is 25.8 Å². The zero-order valence-corrected chi connectivity index (χ0v) is 12.7. The average molecular weight is 240 g/mol. The van der Waals surface area contributed by atoms with E-state index in [2.05, 4.69) is 51.8 Å². The third-order valence-electron chi connectivity index (χ3n) is 4.37. The average Bonchev–Trinajstić information content (AvgIpc) is 2.28. The molecule has 1 saturated heterocycles. The first-order valence-corrected chi connectivity index (χ1v) is 7.42. The minimum absolute atomic E-state index is 0.352. The van der Waals surface area contributed by atoms with Gasteiger partial charge in [-0.05, 0) is 32.6 Å². The molecule has 1 fully saturated rings. The Morgan fingerprint density at radius 2 is 1.94 bits per heavy atom. The van der Waals surface area contributed by atoms with Crippen molar-refractivity contribution in [1.82, 2.24) is 10.2 Å². The Labute approximate surface area is 108 Å². The smallest absolute Gasteiger partial charge is 0.0224 e. The number of hydrogen-bond acceptors (Lipinski definition) is 2. The molecule has 0 amide bonds. The largest absolute Gasteiger partial charge is 0.311 e. The fraction of sp³-hybridized carbons (Fsp3) is 1.00. The molecule has 1 heterocycles. The van der Waals surface area contributed by atoms with E-state index in [9.17, 15) is 0 Å². The fourth-order valence-corrected chi connectivity index (χ4v) is 3.13. The zero-order valence-electron chi connectivity index (χ0n) is 12.7. The predicted octanol–water partition coefficient (Wildman–Crippen LogP) is 3.27.